The molecule has 0 bridgehead atoms. The Hall–Kier alpha value is -1.71. The molecular formula is C9H5F2NO. The summed E-state index contributed by atoms with van der Waals surface area (Å²) in [5.41, 5.74) is 0.316. The molecule has 1 aromatic heterocycles. The van der Waals surface area contributed by atoms with Crippen molar-refractivity contribution in [1.82, 2.24) is 4.98 Å². The normalized spacial score (nSPS) is 10.6. The average molecular weight is 181 g/mol. The molecular weight excluding hydrogens is 176 g/mol. The van der Waals surface area contributed by atoms with Crippen molar-refractivity contribution in [3.05, 3.63) is 36.0 Å². The fraction of sp³-hybridized carbons (Fsp3) is 0. The Morgan fingerprint density at radius 2 is 1.77 bits per heavy atom. The summed E-state index contributed by atoms with van der Waals surface area (Å²) in [6.07, 6.45) is 1.18. The molecule has 0 saturated carbocycles. The second-order valence-electron chi connectivity index (χ2n) is 2.65. The number of fused-ring (bicyclic) bond motifs is 1. The maximum Gasteiger partial charge on any atom is 0.161 e. The van der Waals surface area contributed by atoms with Crippen LogP contribution in [0.3, 0.4) is 0 Å². The lowest BCUT2D eigenvalue weighted by Gasteiger charge is -1.98. The van der Waals surface area contributed by atoms with Gasteiger partial charge in [0.15, 0.2) is 11.6 Å². The molecule has 2 rings (SSSR count). The molecule has 0 saturated heterocycles. The van der Waals surface area contributed by atoms with Crippen LogP contribution in [-0.2, 0) is 0 Å². The van der Waals surface area contributed by atoms with E-state index >= 15 is 0 Å². The Labute approximate surface area is 72.5 Å². The van der Waals surface area contributed by atoms with Crippen molar-refractivity contribution < 1.29 is 13.9 Å². The monoisotopic (exact) mass is 181 g/mol. The van der Waals surface area contributed by atoms with E-state index in [1.807, 2.05) is 0 Å². The number of nitrogens with zero attached hydrogens (tertiary/aromatic N) is 1. The lowest BCUT2D eigenvalue weighted by Crippen LogP contribution is -1.86. The van der Waals surface area contributed by atoms with E-state index in [0.29, 0.717) is 10.9 Å². The minimum atomic E-state index is -0.945. The van der Waals surface area contributed by atoms with Crippen LogP contribution in [0.15, 0.2) is 24.4 Å². The summed E-state index contributed by atoms with van der Waals surface area (Å²) in [6.45, 7) is 0. The summed E-state index contributed by atoms with van der Waals surface area (Å²) in [5.74, 6) is -1.95. The summed E-state index contributed by atoms with van der Waals surface area (Å²) < 4.78 is 25.4. The molecule has 0 aliphatic heterocycles. The maximum atomic E-state index is 12.7. The first kappa shape index (κ1) is 7.91. The van der Waals surface area contributed by atoms with Crippen molar-refractivity contribution in [2.75, 3.05) is 0 Å². The van der Waals surface area contributed by atoms with Gasteiger partial charge in [0.1, 0.15) is 5.75 Å². The predicted molar refractivity (Wildman–Crippen MR) is 43.3 cm³/mol. The molecule has 1 aromatic carbocycles. The average Bonchev–Trinajstić information content (AvgIpc) is 2.08. The van der Waals surface area contributed by atoms with Crippen molar-refractivity contribution in [2.45, 2.75) is 0 Å². The lowest BCUT2D eigenvalue weighted by molar-refractivity contribution is 0.473. The molecule has 2 nitrogen and oxygen atoms in total. The highest BCUT2D eigenvalue weighted by Crippen LogP contribution is 2.19. The summed E-state index contributed by atoms with van der Waals surface area (Å²) >= 11 is 0. The minimum absolute atomic E-state index is 0.0708. The highest BCUT2D eigenvalue weighted by Gasteiger charge is 2.04. The van der Waals surface area contributed by atoms with Crippen LogP contribution in [0.4, 0.5) is 8.78 Å². The van der Waals surface area contributed by atoms with Crippen LogP contribution in [0.25, 0.3) is 10.9 Å². The molecule has 0 atom stereocenters. The van der Waals surface area contributed by atoms with E-state index in [4.69, 9.17) is 5.11 Å². The highest BCUT2D eigenvalue weighted by atomic mass is 19.2. The zero-order valence-electron chi connectivity index (χ0n) is 6.46. The van der Waals surface area contributed by atoms with E-state index < -0.39 is 11.6 Å². The number of hydrogen-bond donors (Lipinski definition) is 1. The first-order valence-corrected chi connectivity index (χ1v) is 3.60. The van der Waals surface area contributed by atoms with Gasteiger partial charge >= 0.3 is 0 Å². The standard InChI is InChI=1S/C9H5F2NO/c10-7-2-5-1-6(13)4-12-9(5)3-8(7)11/h1-4,13H. The molecule has 4 heteroatoms. The SMILES string of the molecule is Oc1cnc2cc(F)c(F)cc2c1. The zero-order chi connectivity index (χ0) is 9.42. The predicted octanol–water partition coefficient (Wildman–Crippen LogP) is 2.22. The number of aromatic hydroxyl groups is 1. The van der Waals surface area contributed by atoms with Crippen LogP contribution in [-0.4, -0.2) is 10.1 Å². The van der Waals surface area contributed by atoms with Crippen molar-refractivity contribution >= 4 is 10.9 Å². The molecule has 0 spiro atoms. The van der Waals surface area contributed by atoms with Crippen LogP contribution in [0.1, 0.15) is 0 Å². The summed E-state index contributed by atoms with van der Waals surface area (Å²) in [6, 6.07) is 3.31. The fourth-order valence-corrected chi connectivity index (χ4v) is 1.11. The number of halogens is 2. The van der Waals surface area contributed by atoms with Gasteiger partial charge in [-0.15, -0.1) is 0 Å². The third-order valence-electron chi connectivity index (χ3n) is 1.71. The van der Waals surface area contributed by atoms with E-state index in [9.17, 15) is 8.78 Å². The zero-order valence-corrected chi connectivity index (χ0v) is 6.46. The summed E-state index contributed by atoms with van der Waals surface area (Å²) in [4.78, 5) is 3.73. The van der Waals surface area contributed by atoms with Crippen LogP contribution >= 0.6 is 0 Å². The minimum Gasteiger partial charge on any atom is -0.506 e. The van der Waals surface area contributed by atoms with Crippen molar-refractivity contribution in [2.24, 2.45) is 0 Å². The Morgan fingerprint density at radius 3 is 2.54 bits per heavy atom. The van der Waals surface area contributed by atoms with Gasteiger partial charge in [0, 0.05) is 11.5 Å². The molecule has 0 amide bonds. The van der Waals surface area contributed by atoms with Gasteiger partial charge in [-0.3, -0.25) is 4.98 Å². The van der Waals surface area contributed by atoms with Gasteiger partial charge in [-0.05, 0) is 12.1 Å². The lowest BCUT2D eigenvalue weighted by atomic mass is 10.2. The Morgan fingerprint density at radius 1 is 1.08 bits per heavy atom. The van der Waals surface area contributed by atoms with Crippen LogP contribution in [0, 0.1) is 11.6 Å². The van der Waals surface area contributed by atoms with Crippen LogP contribution in [0.5, 0.6) is 5.75 Å². The number of pyridine rings is 1. The van der Waals surface area contributed by atoms with E-state index in [2.05, 4.69) is 4.98 Å². The first-order valence-electron chi connectivity index (χ1n) is 3.60. The van der Waals surface area contributed by atoms with Crippen molar-refractivity contribution in [3.8, 4) is 5.75 Å². The molecule has 66 valence electrons. The van der Waals surface area contributed by atoms with Crippen molar-refractivity contribution in [3.63, 3.8) is 0 Å². The van der Waals surface area contributed by atoms with Gasteiger partial charge < -0.3 is 5.11 Å². The van der Waals surface area contributed by atoms with E-state index in [1.165, 1.54) is 12.3 Å². The third kappa shape index (κ3) is 1.30. The molecule has 0 radical (unpaired) electrons. The second kappa shape index (κ2) is 2.65. The second-order valence-corrected chi connectivity index (χ2v) is 2.65. The summed E-state index contributed by atoms with van der Waals surface area (Å²) in [7, 11) is 0. The largest absolute Gasteiger partial charge is 0.506 e. The van der Waals surface area contributed by atoms with Crippen LogP contribution < -0.4 is 0 Å². The number of rotatable bonds is 0. The maximum absolute atomic E-state index is 12.7. The summed E-state index contributed by atoms with van der Waals surface area (Å²) in [5, 5.41) is 9.39. The molecule has 0 aliphatic rings. The molecule has 1 heterocycles. The fourth-order valence-electron chi connectivity index (χ4n) is 1.11. The Kier molecular flexibility index (Phi) is 1.62. The van der Waals surface area contributed by atoms with Crippen LogP contribution in [0.2, 0.25) is 0 Å². The van der Waals surface area contributed by atoms with Gasteiger partial charge in [-0.1, -0.05) is 0 Å². The van der Waals surface area contributed by atoms with E-state index in [0.717, 1.165) is 12.1 Å². The topological polar surface area (TPSA) is 33.1 Å². The number of aromatic nitrogens is 1. The van der Waals surface area contributed by atoms with Gasteiger partial charge in [0.05, 0.1) is 11.7 Å². The van der Waals surface area contributed by atoms with E-state index in [-0.39, 0.29) is 5.75 Å². The van der Waals surface area contributed by atoms with Gasteiger partial charge in [0.25, 0.3) is 0 Å². The number of hydrogen-bond acceptors (Lipinski definition) is 2. The Balaban J connectivity index is 2.81. The number of benzene rings is 1. The molecule has 1 N–H and O–H groups in total. The van der Waals surface area contributed by atoms with Gasteiger partial charge in [0.2, 0.25) is 0 Å². The van der Waals surface area contributed by atoms with E-state index in [1.54, 1.807) is 0 Å². The van der Waals surface area contributed by atoms with Gasteiger partial charge in [-0.25, -0.2) is 8.78 Å². The Bertz CT molecular complexity index is 470. The molecule has 0 fully saturated rings. The quantitative estimate of drug-likeness (QED) is 0.675. The molecule has 2 aromatic rings. The van der Waals surface area contributed by atoms with Crippen molar-refractivity contribution in [1.29, 1.82) is 0 Å². The third-order valence-corrected chi connectivity index (χ3v) is 1.71. The molecule has 13 heavy (non-hydrogen) atoms. The molecule has 0 unspecified atom stereocenters. The molecule has 0 aliphatic carbocycles. The smallest absolute Gasteiger partial charge is 0.161 e. The highest BCUT2D eigenvalue weighted by molar-refractivity contribution is 5.79. The first-order chi connectivity index (χ1) is 6.16. The van der Waals surface area contributed by atoms with Gasteiger partial charge in [-0.2, -0.15) is 0 Å².